The van der Waals surface area contributed by atoms with Gasteiger partial charge in [-0.1, -0.05) is 46.3 Å². The van der Waals surface area contributed by atoms with Crippen LogP contribution in [0.25, 0.3) is 0 Å². The number of halogens is 1. The van der Waals surface area contributed by atoms with E-state index in [9.17, 15) is 13.2 Å². The zero-order valence-corrected chi connectivity index (χ0v) is 16.0. The van der Waals surface area contributed by atoms with Crippen molar-refractivity contribution < 1.29 is 13.2 Å². The van der Waals surface area contributed by atoms with Crippen LogP contribution in [0, 0.1) is 0 Å². The van der Waals surface area contributed by atoms with Crippen molar-refractivity contribution in [1.29, 1.82) is 0 Å². The summed E-state index contributed by atoms with van der Waals surface area (Å²) in [5, 5.41) is 0. The van der Waals surface area contributed by atoms with E-state index in [2.05, 4.69) is 15.9 Å². The molecule has 1 aliphatic rings. The first kappa shape index (κ1) is 18.1. The van der Waals surface area contributed by atoms with E-state index < -0.39 is 10.0 Å². The Hall–Kier alpha value is -1.70. The van der Waals surface area contributed by atoms with Gasteiger partial charge < -0.3 is 4.90 Å². The van der Waals surface area contributed by atoms with E-state index in [0.29, 0.717) is 37.5 Å². The number of benzene rings is 2. The zero-order valence-electron chi connectivity index (χ0n) is 13.6. The summed E-state index contributed by atoms with van der Waals surface area (Å²) in [5.41, 5.74) is 0.951. The Bertz CT molecular complexity index is 830. The highest BCUT2D eigenvalue weighted by Crippen LogP contribution is 2.18. The molecule has 0 spiro atoms. The minimum absolute atomic E-state index is 0.0269. The molecule has 0 aliphatic carbocycles. The van der Waals surface area contributed by atoms with Gasteiger partial charge in [-0.3, -0.25) is 4.79 Å². The number of hydrogen-bond acceptors (Lipinski definition) is 3. The number of rotatable bonds is 4. The van der Waals surface area contributed by atoms with Crippen LogP contribution in [0.1, 0.15) is 5.56 Å². The van der Waals surface area contributed by atoms with E-state index in [1.54, 1.807) is 35.2 Å². The van der Waals surface area contributed by atoms with Gasteiger partial charge in [0, 0.05) is 30.7 Å². The summed E-state index contributed by atoms with van der Waals surface area (Å²) in [6, 6.07) is 16.1. The van der Waals surface area contributed by atoms with Gasteiger partial charge in [0.1, 0.15) is 0 Å². The highest BCUT2D eigenvalue weighted by atomic mass is 79.9. The lowest BCUT2D eigenvalue weighted by Gasteiger charge is -2.34. The molecule has 0 N–H and O–H groups in total. The molecule has 1 aliphatic heterocycles. The predicted octanol–water partition coefficient (Wildman–Crippen LogP) is 2.52. The lowest BCUT2D eigenvalue weighted by Crippen LogP contribution is -2.50. The average Bonchev–Trinajstić information content (AvgIpc) is 2.64. The first-order valence-corrected chi connectivity index (χ1v) is 10.3. The first-order valence-electron chi connectivity index (χ1n) is 8.04. The molecule has 2 aromatic carbocycles. The van der Waals surface area contributed by atoms with Gasteiger partial charge in [0.2, 0.25) is 15.9 Å². The summed E-state index contributed by atoms with van der Waals surface area (Å²) >= 11 is 3.37. The molecule has 7 heteroatoms. The Kier molecular flexibility index (Phi) is 5.56. The van der Waals surface area contributed by atoms with Gasteiger partial charge in [0.05, 0.1) is 11.3 Å². The molecule has 0 unspecified atom stereocenters. The molecule has 1 saturated heterocycles. The normalized spacial score (nSPS) is 16.0. The number of amides is 1. The fourth-order valence-electron chi connectivity index (χ4n) is 2.81. The van der Waals surface area contributed by atoms with Crippen LogP contribution in [-0.4, -0.2) is 49.7 Å². The highest BCUT2D eigenvalue weighted by Gasteiger charge is 2.29. The second kappa shape index (κ2) is 7.68. The van der Waals surface area contributed by atoms with E-state index in [1.807, 2.05) is 24.3 Å². The lowest BCUT2D eigenvalue weighted by molar-refractivity contribution is -0.131. The van der Waals surface area contributed by atoms with Crippen LogP contribution in [0.4, 0.5) is 0 Å². The van der Waals surface area contributed by atoms with E-state index >= 15 is 0 Å². The SMILES string of the molecule is O=C(Cc1ccc(Br)cc1)N1CCN(S(=O)(=O)c2ccccc2)CC1. The maximum absolute atomic E-state index is 12.6. The lowest BCUT2D eigenvalue weighted by atomic mass is 10.1. The maximum atomic E-state index is 12.6. The minimum atomic E-state index is -3.48. The van der Waals surface area contributed by atoms with Gasteiger partial charge in [0.25, 0.3) is 0 Å². The quantitative estimate of drug-likeness (QED) is 0.760. The molecule has 132 valence electrons. The molecule has 25 heavy (non-hydrogen) atoms. The van der Waals surface area contributed by atoms with Crippen LogP contribution in [0.15, 0.2) is 64.0 Å². The van der Waals surface area contributed by atoms with Crippen LogP contribution in [-0.2, 0) is 21.2 Å². The fourth-order valence-corrected chi connectivity index (χ4v) is 4.52. The summed E-state index contributed by atoms with van der Waals surface area (Å²) in [4.78, 5) is 14.5. The smallest absolute Gasteiger partial charge is 0.243 e. The predicted molar refractivity (Wildman–Crippen MR) is 99.6 cm³/mol. The summed E-state index contributed by atoms with van der Waals surface area (Å²) in [6.07, 6.45) is 0.332. The molecular formula is C18H19BrN2O3S. The Morgan fingerprint density at radius 1 is 0.920 bits per heavy atom. The third-order valence-electron chi connectivity index (χ3n) is 4.24. The molecule has 1 heterocycles. The number of sulfonamides is 1. The molecule has 0 aromatic heterocycles. The maximum Gasteiger partial charge on any atom is 0.243 e. The molecule has 3 rings (SSSR count). The molecule has 0 atom stereocenters. The molecular weight excluding hydrogens is 404 g/mol. The number of nitrogens with zero attached hydrogens (tertiary/aromatic N) is 2. The van der Waals surface area contributed by atoms with Gasteiger partial charge in [-0.25, -0.2) is 8.42 Å². The molecule has 1 fully saturated rings. The fraction of sp³-hybridized carbons (Fsp3) is 0.278. The second-order valence-corrected chi connectivity index (χ2v) is 8.75. The van der Waals surface area contributed by atoms with Gasteiger partial charge >= 0.3 is 0 Å². The Balaban J connectivity index is 1.60. The highest BCUT2D eigenvalue weighted by molar-refractivity contribution is 9.10. The van der Waals surface area contributed by atoms with Crippen molar-refractivity contribution in [2.45, 2.75) is 11.3 Å². The largest absolute Gasteiger partial charge is 0.340 e. The van der Waals surface area contributed by atoms with E-state index in [-0.39, 0.29) is 5.91 Å². The van der Waals surface area contributed by atoms with Crippen molar-refractivity contribution in [2.75, 3.05) is 26.2 Å². The molecule has 5 nitrogen and oxygen atoms in total. The standard InChI is InChI=1S/C18H19BrN2O3S/c19-16-8-6-15(7-9-16)14-18(22)20-10-12-21(13-11-20)25(23,24)17-4-2-1-3-5-17/h1-9H,10-14H2. The van der Waals surface area contributed by atoms with Crippen LogP contribution in [0.2, 0.25) is 0 Å². The Morgan fingerprint density at radius 2 is 1.52 bits per heavy atom. The van der Waals surface area contributed by atoms with Crippen molar-refractivity contribution in [3.63, 3.8) is 0 Å². The topological polar surface area (TPSA) is 57.7 Å². The number of carbonyl (C=O) groups excluding carboxylic acids is 1. The third kappa shape index (κ3) is 4.29. The minimum Gasteiger partial charge on any atom is -0.340 e. The molecule has 0 radical (unpaired) electrons. The first-order chi connectivity index (χ1) is 12.0. The van der Waals surface area contributed by atoms with Gasteiger partial charge in [-0.2, -0.15) is 4.31 Å². The van der Waals surface area contributed by atoms with Crippen LogP contribution in [0.5, 0.6) is 0 Å². The zero-order chi connectivity index (χ0) is 17.9. The van der Waals surface area contributed by atoms with Crippen LogP contribution < -0.4 is 0 Å². The van der Waals surface area contributed by atoms with Crippen LogP contribution >= 0.6 is 15.9 Å². The van der Waals surface area contributed by atoms with Crippen LogP contribution in [0.3, 0.4) is 0 Å². The van der Waals surface area contributed by atoms with Crippen molar-refractivity contribution in [3.05, 3.63) is 64.6 Å². The van der Waals surface area contributed by atoms with Crippen molar-refractivity contribution in [1.82, 2.24) is 9.21 Å². The third-order valence-corrected chi connectivity index (χ3v) is 6.68. The Labute approximate surface area is 156 Å². The average molecular weight is 423 g/mol. The summed E-state index contributed by atoms with van der Waals surface area (Å²) < 4.78 is 27.6. The van der Waals surface area contributed by atoms with E-state index in [0.717, 1.165) is 10.0 Å². The second-order valence-electron chi connectivity index (χ2n) is 5.90. The van der Waals surface area contributed by atoms with Gasteiger partial charge in [0.15, 0.2) is 0 Å². The molecule has 1 amide bonds. The van der Waals surface area contributed by atoms with E-state index in [1.165, 1.54) is 4.31 Å². The molecule has 0 bridgehead atoms. The summed E-state index contributed by atoms with van der Waals surface area (Å²) in [5.74, 6) is 0.0269. The summed E-state index contributed by atoms with van der Waals surface area (Å²) in [7, 11) is -3.48. The molecule has 0 saturated carbocycles. The van der Waals surface area contributed by atoms with E-state index in [4.69, 9.17) is 0 Å². The van der Waals surface area contributed by atoms with Gasteiger partial charge in [-0.05, 0) is 29.8 Å². The Morgan fingerprint density at radius 3 is 2.12 bits per heavy atom. The molecule has 2 aromatic rings. The monoisotopic (exact) mass is 422 g/mol. The van der Waals surface area contributed by atoms with Crippen molar-refractivity contribution >= 4 is 31.9 Å². The van der Waals surface area contributed by atoms with Crippen molar-refractivity contribution in [3.8, 4) is 0 Å². The number of hydrogen-bond donors (Lipinski definition) is 0. The van der Waals surface area contributed by atoms with Gasteiger partial charge in [-0.15, -0.1) is 0 Å². The number of piperazine rings is 1. The summed E-state index contributed by atoms with van der Waals surface area (Å²) in [6.45, 7) is 1.48. The van der Waals surface area contributed by atoms with Crippen molar-refractivity contribution in [2.24, 2.45) is 0 Å². The number of carbonyl (C=O) groups is 1.